The SMILES string of the molecule is CN1CCN(c2nc(Cl)c(/C=C3\C(=O)NC(=S)N(c4ccc(Oc5ccccc5)cc4)C3=O)s2)CC1. The van der Waals surface area contributed by atoms with Crippen molar-refractivity contribution in [3.8, 4) is 11.5 Å². The lowest BCUT2D eigenvalue weighted by atomic mass is 10.1. The summed E-state index contributed by atoms with van der Waals surface area (Å²) < 4.78 is 5.82. The molecule has 0 radical (unpaired) electrons. The number of ether oxygens (including phenoxy) is 1. The van der Waals surface area contributed by atoms with Crippen LogP contribution in [0, 0.1) is 0 Å². The first-order valence-electron chi connectivity index (χ1n) is 11.2. The predicted molar refractivity (Wildman–Crippen MR) is 146 cm³/mol. The first-order valence-corrected chi connectivity index (χ1v) is 12.8. The number of carbonyl (C=O) groups is 2. The van der Waals surface area contributed by atoms with Gasteiger partial charge in [-0.1, -0.05) is 41.1 Å². The Bertz CT molecular complexity index is 1340. The van der Waals surface area contributed by atoms with Crippen LogP contribution in [-0.2, 0) is 9.59 Å². The second-order valence-corrected chi connectivity index (χ2v) is 10.1. The fourth-order valence-corrected chi connectivity index (χ4v) is 5.37. The highest BCUT2D eigenvalue weighted by molar-refractivity contribution is 7.80. The third-order valence-electron chi connectivity index (χ3n) is 5.82. The number of likely N-dealkylation sites (N-methyl/N-ethyl adjacent to an activating group) is 1. The third kappa shape index (κ3) is 5.12. The number of benzene rings is 2. The smallest absolute Gasteiger partial charge is 0.270 e. The Morgan fingerprint density at radius 3 is 2.39 bits per heavy atom. The molecule has 2 aliphatic rings. The summed E-state index contributed by atoms with van der Waals surface area (Å²) in [5.74, 6) is 0.194. The standard InChI is InChI=1S/C25H22ClN5O3S2/c1-29-11-13-30(14-12-29)25-27-21(26)20(36-25)15-19-22(32)28-24(35)31(23(19)33)16-7-9-18(10-8-16)34-17-5-3-2-4-6-17/h2-10,15H,11-14H2,1H3,(H,28,32,35)/b19-15+. The summed E-state index contributed by atoms with van der Waals surface area (Å²) in [5.41, 5.74) is 0.438. The van der Waals surface area contributed by atoms with Gasteiger partial charge in [-0.05, 0) is 61.7 Å². The molecule has 0 saturated carbocycles. The van der Waals surface area contributed by atoms with Gasteiger partial charge >= 0.3 is 0 Å². The van der Waals surface area contributed by atoms with E-state index >= 15 is 0 Å². The van der Waals surface area contributed by atoms with Crippen LogP contribution in [0.5, 0.6) is 11.5 Å². The van der Waals surface area contributed by atoms with E-state index in [1.807, 2.05) is 30.3 Å². The number of thiocarbonyl (C=S) groups is 1. The lowest BCUT2D eigenvalue weighted by Crippen LogP contribution is -2.54. The lowest BCUT2D eigenvalue weighted by molar-refractivity contribution is -0.122. The van der Waals surface area contributed by atoms with Crippen LogP contribution < -0.4 is 19.9 Å². The Hall–Kier alpha value is -3.31. The van der Waals surface area contributed by atoms with E-state index in [0.29, 0.717) is 22.1 Å². The highest BCUT2D eigenvalue weighted by atomic mass is 35.5. The minimum atomic E-state index is -0.573. The molecule has 8 nitrogen and oxygen atoms in total. The Labute approximate surface area is 222 Å². The molecule has 36 heavy (non-hydrogen) atoms. The first-order chi connectivity index (χ1) is 17.4. The Morgan fingerprint density at radius 2 is 1.69 bits per heavy atom. The number of piperazine rings is 1. The summed E-state index contributed by atoms with van der Waals surface area (Å²) in [5, 5.41) is 3.63. The number of nitrogens with zero attached hydrogens (tertiary/aromatic N) is 4. The zero-order chi connectivity index (χ0) is 25.2. The van der Waals surface area contributed by atoms with E-state index in [1.54, 1.807) is 24.3 Å². The second-order valence-electron chi connectivity index (χ2n) is 8.31. The fraction of sp³-hybridized carbons (Fsp3) is 0.200. The zero-order valence-corrected chi connectivity index (χ0v) is 21.7. The van der Waals surface area contributed by atoms with Crippen molar-refractivity contribution in [1.82, 2.24) is 15.2 Å². The van der Waals surface area contributed by atoms with Crippen LogP contribution in [0.3, 0.4) is 0 Å². The molecule has 2 aromatic carbocycles. The number of para-hydroxylation sites is 1. The van der Waals surface area contributed by atoms with Gasteiger partial charge in [-0.2, -0.15) is 0 Å². The number of anilines is 2. The molecule has 0 bridgehead atoms. The molecular weight excluding hydrogens is 518 g/mol. The van der Waals surface area contributed by atoms with Crippen molar-refractivity contribution in [1.29, 1.82) is 0 Å². The summed E-state index contributed by atoms with van der Waals surface area (Å²) in [6.45, 7) is 3.52. The van der Waals surface area contributed by atoms with Crippen LogP contribution >= 0.6 is 35.2 Å². The molecule has 2 fully saturated rings. The summed E-state index contributed by atoms with van der Waals surface area (Å²) in [6.07, 6.45) is 1.49. The maximum Gasteiger partial charge on any atom is 0.270 e. The molecule has 184 valence electrons. The van der Waals surface area contributed by atoms with Gasteiger partial charge in [0.1, 0.15) is 22.2 Å². The number of halogens is 1. The van der Waals surface area contributed by atoms with Crippen molar-refractivity contribution in [2.75, 3.05) is 43.0 Å². The van der Waals surface area contributed by atoms with Crippen LogP contribution in [0.15, 0.2) is 60.2 Å². The van der Waals surface area contributed by atoms with E-state index in [-0.39, 0.29) is 15.8 Å². The zero-order valence-electron chi connectivity index (χ0n) is 19.3. The van der Waals surface area contributed by atoms with E-state index in [2.05, 4.69) is 27.1 Å². The third-order valence-corrected chi connectivity index (χ3v) is 7.57. The molecule has 1 aromatic heterocycles. The molecule has 1 N–H and O–H groups in total. The van der Waals surface area contributed by atoms with E-state index in [9.17, 15) is 9.59 Å². The maximum absolute atomic E-state index is 13.4. The Morgan fingerprint density at radius 1 is 1.03 bits per heavy atom. The highest BCUT2D eigenvalue weighted by Gasteiger charge is 2.35. The Kier molecular flexibility index (Phi) is 7.01. The number of carbonyl (C=O) groups excluding carboxylic acids is 2. The molecule has 3 aromatic rings. The average molecular weight is 540 g/mol. The van der Waals surface area contributed by atoms with E-state index < -0.39 is 11.8 Å². The number of amides is 2. The van der Waals surface area contributed by atoms with Gasteiger partial charge in [0.2, 0.25) is 0 Å². The van der Waals surface area contributed by atoms with Crippen molar-refractivity contribution < 1.29 is 14.3 Å². The van der Waals surface area contributed by atoms with Gasteiger partial charge in [0, 0.05) is 26.2 Å². The van der Waals surface area contributed by atoms with Crippen molar-refractivity contribution in [3.63, 3.8) is 0 Å². The summed E-state index contributed by atoms with van der Waals surface area (Å²) >= 11 is 13.1. The van der Waals surface area contributed by atoms with Crippen molar-refractivity contribution in [2.24, 2.45) is 0 Å². The van der Waals surface area contributed by atoms with Crippen LogP contribution in [0.4, 0.5) is 10.8 Å². The molecule has 0 unspecified atom stereocenters. The number of thiazole rings is 1. The van der Waals surface area contributed by atoms with Gasteiger partial charge in [0.15, 0.2) is 10.2 Å². The van der Waals surface area contributed by atoms with Gasteiger partial charge in [-0.3, -0.25) is 19.8 Å². The van der Waals surface area contributed by atoms with Gasteiger partial charge < -0.3 is 14.5 Å². The van der Waals surface area contributed by atoms with Crippen molar-refractivity contribution in [2.45, 2.75) is 0 Å². The van der Waals surface area contributed by atoms with Crippen molar-refractivity contribution >= 4 is 69.0 Å². The average Bonchev–Trinajstić information content (AvgIpc) is 3.24. The quantitative estimate of drug-likeness (QED) is 0.296. The first kappa shape index (κ1) is 24.4. The summed E-state index contributed by atoms with van der Waals surface area (Å²) in [4.78, 5) is 36.8. The molecule has 5 rings (SSSR count). The molecule has 11 heteroatoms. The molecule has 2 aliphatic heterocycles. The topological polar surface area (TPSA) is 78.0 Å². The van der Waals surface area contributed by atoms with Gasteiger partial charge in [-0.15, -0.1) is 0 Å². The van der Waals surface area contributed by atoms with Gasteiger partial charge in [-0.25, -0.2) is 4.98 Å². The fourth-order valence-electron chi connectivity index (χ4n) is 3.84. The maximum atomic E-state index is 13.4. The summed E-state index contributed by atoms with van der Waals surface area (Å²) in [6, 6.07) is 16.3. The number of hydrogen-bond acceptors (Lipinski definition) is 8. The molecular formula is C25H22ClN5O3S2. The van der Waals surface area contributed by atoms with Crippen molar-refractivity contribution in [3.05, 3.63) is 70.2 Å². The van der Waals surface area contributed by atoms with E-state index in [4.69, 9.17) is 28.6 Å². The van der Waals surface area contributed by atoms with Crippen LogP contribution in [0.25, 0.3) is 6.08 Å². The lowest BCUT2D eigenvalue weighted by Gasteiger charge is -2.32. The number of hydrogen-bond donors (Lipinski definition) is 1. The predicted octanol–water partition coefficient (Wildman–Crippen LogP) is 4.17. The normalized spacial score (nSPS) is 18.1. The minimum Gasteiger partial charge on any atom is -0.457 e. The number of nitrogens with one attached hydrogen (secondary N) is 1. The number of aromatic nitrogens is 1. The number of rotatable bonds is 5. The Balaban J connectivity index is 1.37. The summed E-state index contributed by atoms with van der Waals surface area (Å²) in [7, 11) is 2.08. The van der Waals surface area contributed by atoms with Crippen LogP contribution in [0.1, 0.15) is 4.88 Å². The van der Waals surface area contributed by atoms with Gasteiger partial charge in [0.05, 0.1) is 10.6 Å². The second kappa shape index (κ2) is 10.4. The molecule has 2 saturated heterocycles. The largest absolute Gasteiger partial charge is 0.457 e. The highest BCUT2D eigenvalue weighted by Crippen LogP contribution is 2.33. The molecule has 2 amide bonds. The molecule has 0 atom stereocenters. The van der Waals surface area contributed by atoms with E-state index in [1.165, 1.54) is 22.3 Å². The minimum absolute atomic E-state index is 0.00686. The molecule has 0 aliphatic carbocycles. The van der Waals surface area contributed by atoms with E-state index in [0.717, 1.165) is 31.3 Å². The van der Waals surface area contributed by atoms with Crippen LogP contribution in [0.2, 0.25) is 5.15 Å². The monoisotopic (exact) mass is 539 g/mol. The van der Waals surface area contributed by atoms with Crippen LogP contribution in [-0.4, -0.2) is 60.0 Å². The molecule has 3 heterocycles. The molecule has 0 spiro atoms. The van der Waals surface area contributed by atoms with Gasteiger partial charge in [0.25, 0.3) is 11.8 Å².